The first-order valence-corrected chi connectivity index (χ1v) is 4.76. The molecule has 11 heavy (non-hydrogen) atoms. The summed E-state index contributed by atoms with van der Waals surface area (Å²) in [5.74, 6) is 0.479. The number of halogens is 1. The Balaban J connectivity index is 2.43. The molecule has 64 valence electrons. The van der Waals surface area contributed by atoms with Crippen LogP contribution in [0, 0.1) is 0 Å². The summed E-state index contributed by atoms with van der Waals surface area (Å²) in [7, 11) is 0. The molecule has 1 aliphatic heterocycles. The zero-order valence-electron chi connectivity index (χ0n) is 6.18. The van der Waals surface area contributed by atoms with Crippen molar-refractivity contribution < 1.29 is 14.3 Å². The van der Waals surface area contributed by atoms with Crippen LogP contribution in [0.2, 0.25) is 0 Å². The molecule has 0 unspecified atom stereocenters. The summed E-state index contributed by atoms with van der Waals surface area (Å²) >= 11 is 1.69. The first-order valence-electron chi connectivity index (χ1n) is 3.61. The van der Waals surface area contributed by atoms with Gasteiger partial charge in [-0.25, -0.2) is 4.39 Å². The van der Waals surface area contributed by atoms with Gasteiger partial charge in [0, 0.05) is 0 Å². The highest BCUT2D eigenvalue weighted by Crippen LogP contribution is 2.33. The zero-order chi connectivity index (χ0) is 8.32. The molecular formula is C7H11FO2S. The van der Waals surface area contributed by atoms with Gasteiger partial charge in [-0.1, -0.05) is 0 Å². The SMILES string of the molecule is O=C(O)CC1(F)CCSCC1. The first-order chi connectivity index (χ1) is 5.12. The van der Waals surface area contributed by atoms with Gasteiger partial charge in [0.2, 0.25) is 0 Å². The van der Waals surface area contributed by atoms with E-state index in [2.05, 4.69) is 0 Å². The highest BCUT2D eigenvalue weighted by molar-refractivity contribution is 7.99. The van der Waals surface area contributed by atoms with Gasteiger partial charge in [0.05, 0.1) is 6.42 Å². The van der Waals surface area contributed by atoms with Crippen LogP contribution >= 0.6 is 11.8 Å². The Bertz CT molecular complexity index is 155. The fraction of sp³-hybridized carbons (Fsp3) is 0.857. The van der Waals surface area contributed by atoms with E-state index >= 15 is 0 Å². The summed E-state index contributed by atoms with van der Waals surface area (Å²) in [4.78, 5) is 10.2. The first kappa shape index (κ1) is 8.84. The molecule has 1 rings (SSSR count). The van der Waals surface area contributed by atoms with E-state index in [1.165, 1.54) is 0 Å². The van der Waals surface area contributed by atoms with E-state index in [9.17, 15) is 9.18 Å². The number of thioether (sulfide) groups is 1. The van der Waals surface area contributed by atoms with Crippen molar-refractivity contribution in [2.45, 2.75) is 24.9 Å². The van der Waals surface area contributed by atoms with Crippen LogP contribution in [-0.4, -0.2) is 28.3 Å². The topological polar surface area (TPSA) is 37.3 Å². The number of carboxylic acids is 1. The second-order valence-electron chi connectivity index (χ2n) is 2.83. The van der Waals surface area contributed by atoms with Crippen molar-refractivity contribution in [2.24, 2.45) is 0 Å². The number of hydrogen-bond donors (Lipinski definition) is 1. The molecule has 1 fully saturated rings. The molecule has 1 saturated heterocycles. The van der Waals surface area contributed by atoms with Gasteiger partial charge in [0.15, 0.2) is 0 Å². The Labute approximate surface area is 69.2 Å². The van der Waals surface area contributed by atoms with Crippen LogP contribution in [0.1, 0.15) is 19.3 Å². The molecule has 1 aliphatic rings. The van der Waals surface area contributed by atoms with Gasteiger partial charge < -0.3 is 5.11 Å². The van der Waals surface area contributed by atoms with Crippen LogP contribution in [0.25, 0.3) is 0 Å². The quantitative estimate of drug-likeness (QED) is 0.699. The molecule has 0 aromatic rings. The van der Waals surface area contributed by atoms with Crippen molar-refractivity contribution in [3.63, 3.8) is 0 Å². The second kappa shape index (κ2) is 3.43. The molecule has 0 radical (unpaired) electrons. The molecule has 4 heteroatoms. The molecule has 0 bridgehead atoms. The number of alkyl halides is 1. The number of aliphatic carboxylic acids is 1. The molecule has 0 atom stereocenters. The molecule has 0 spiro atoms. The third-order valence-corrected chi connectivity index (χ3v) is 2.84. The Morgan fingerprint density at radius 2 is 2.09 bits per heavy atom. The monoisotopic (exact) mass is 178 g/mol. The van der Waals surface area contributed by atoms with Gasteiger partial charge in [-0.15, -0.1) is 0 Å². The summed E-state index contributed by atoms with van der Waals surface area (Å²) in [6.45, 7) is 0. The minimum absolute atomic E-state index is 0.326. The van der Waals surface area contributed by atoms with Crippen molar-refractivity contribution in [1.82, 2.24) is 0 Å². The lowest BCUT2D eigenvalue weighted by molar-refractivity contribution is -0.140. The molecule has 0 saturated carbocycles. The normalized spacial score (nSPS) is 23.0. The van der Waals surface area contributed by atoms with Crippen LogP contribution in [0.5, 0.6) is 0 Å². The molecule has 0 aromatic heterocycles. The number of hydrogen-bond acceptors (Lipinski definition) is 2. The third-order valence-electron chi connectivity index (χ3n) is 1.86. The average molecular weight is 178 g/mol. The lowest BCUT2D eigenvalue weighted by Crippen LogP contribution is -2.31. The van der Waals surface area contributed by atoms with Gasteiger partial charge in [-0.05, 0) is 24.3 Å². The van der Waals surface area contributed by atoms with Gasteiger partial charge in [0.25, 0.3) is 0 Å². The van der Waals surface area contributed by atoms with Crippen LogP contribution in [-0.2, 0) is 4.79 Å². The molecule has 1 heterocycles. The molecule has 2 nitrogen and oxygen atoms in total. The standard InChI is InChI=1S/C7H11FO2S/c8-7(5-6(9)10)1-3-11-4-2-7/h1-5H2,(H,9,10). The lowest BCUT2D eigenvalue weighted by atomic mass is 9.95. The van der Waals surface area contributed by atoms with E-state index in [1.54, 1.807) is 11.8 Å². The maximum Gasteiger partial charge on any atom is 0.306 e. The zero-order valence-corrected chi connectivity index (χ0v) is 6.99. The highest BCUT2D eigenvalue weighted by Gasteiger charge is 2.34. The summed E-state index contributed by atoms with van der Waals surface area (Å²) in [5.41, 5.74) is -1.42. The van der Waals surface area contributed by atoms with Crippen molar-refractivity contribution in [3.8, 4) is 0 Å². The van der Waals surface area contributed by atoms with E-state index in [4.69, 9.17) is 5.11 Å². The predicted molar refractivity (Wildman–Crippen MR) is 42.7 cm³/mol. The highest BCUT2D eigenvalue weighted by atomic mass is 32.2. The molecule has 0 aromatic carbocycles. The fourth-order valence-corrected chi connectivity index (χ4v) is 2.41. The average Bonchev–Trinajstić information content (AvgIpc) is 1.85. The summed E-state index contributed by atoms with van der Waals surface area (Å²) in [6, 6.07) is 0. The van der Waals surface area contributed by atoms with Crippen molar-refractivity contribution in [1.29, 1.82) is 0 Å². The Hall–Kier alpha value is -0.250. The minimum Gasteiger partial charge on any atom is -0.481 e. The second-order valence-corrected chi connectivity index (χ2v) is 4.06. The molecule has 1 N–H and O–H groups in total. The number of rotatable bonds is 2. The van der Waals surface area contributed by atoms with E-state index in [0.29, 0.717) is 12.8 Å². The summed E-state index contributed by atoms with van der Waals surface area (Å²) < 4.78 is 13.4. The van der Waals surface area contributed by atoms with Crippen LogP contribution in [0.3, 0.4) is 0 Å². The van der Waals surface area contributed by atoms with E-state index in [1.807, 2.05) is 0 Å². The van der Waals surface area contributed by atoms with Crippen LogP contribution < -0.4 is 0 Å². The van der Waals surface area contributed by atoms with E-state index < -0.39 is 11.6 Å². The van der Waals surface area contributed by atoms with Gasteiger partial charge in [0.1, 0.15) is 5.67 Å². The Kier molecular flexibility index (Phi) is 2.76. The number of carbonyl (C=O) groups is 1. The fourth-order valence-electron chi connectivity index (χ4n) is 1.19. The summed E-state index contributed by atoms with van der Waals surface area (Å²) in [5, 5.41) is 8.38. The molecular weight excluding hydrogens is 167 g/mol. The Morgan fingerprint density at radius 1 is 1.55 bits per heavy atom. The van der Waals surface area contributed by atoms with E-state index in [-0.39, 0.29) is 6.42 Å². The maximum absolute atomic E-state index is 13.4. The summed E-state index contributed by atoms with van der Waals surface area (Å²) in [6.07, 6.45) is 0.460. The van der Waals surface area contributed by atoms with Gasteiger partial charge >= 0.3 is 5.97 Å². The van der Waals surface area contributed by atoms with Crippen molar-refractivity contribution >= 4 is 17.7 Å². The third kappa shape index (κ3) is 2.69. The molecule has 0 aliphatic carbocycles. The Morgan fingerprint density at radius 3 is 2.55 bits per heavy atom. The number of carboxylic acid groups (broad SMARTS) is 1. The lowest BCUT2D eigenvalue weighted by Gasteiger charge is -2.27. The van der Waals surface area contributed by atoms with Crippen molar-refractivity contribution in [2.75, 3.05) is 11.5 Å². The van der Waals surface area contributed by atoms with Gasteiger partial charge in [-0.2, -0.15) is 11.8 Å². The van der Waals surface area contributed by atoms with Crippen LogP contribution in [0.15, 0.2) is 0 Å². The van der Waals surface area contributed by atoms with Crippen molar-refractivity contribution in [3.05, 3.63) is 0 Å². The maximum atomic E-state index is 13.4. The smallest absolute Gasteiger partial charge is 0.306 e. The van der Waals surface area contributed by atoms with Gasteiger partial charge in [-0.3, -0.25) is 4.79 Å². The largest absolute Gasteiger partial charge is 0.481 e. The predicted octanol–water partition coefficient (Wildman–Crippen LogP) is 1.70. The van der Waals surface area contributed by atoms with Crippen LogP contribution in [0.4, 0.5) is 4.39 Å². The van der Waals surface area contributed by atoms with E-state index in [0.717, 1.165) is 11.5 Å². The minimum atomic E-state index is -1.42. The molecule has 0 amide bonds.